The SMILES string of the molecule is COc1ccc(NC(=O)C2CCN(c3ccc(C(C)C)cc3)C2=O)cc1N. The van der Waals surface area contributed by atoms with Crippen LogP contribution in [-0.4, -0.2) is 25.5 Å². The predicted octanol–water partition coefficient (Wildman–Crippen LogP) is 3.39. The lowest BCUT2D eigenvalue weighted by atomic mass is 10.0. The van der Waals surface area contributed by atoms with E-state index in [1.54, 1.807) is 23.1 Å². The number of hydrogen-bond donors (Lipinski definition) is 2. The first-order chi connectivity index (χ1) is 12.9. The largest absolute Gasteiger partial charge is 0.495 e. The summed E-state index contributed by atoms with van der Waals surface area (Å²) in [7, 11) is 1.53. The van der Waals surface area contributed by atoms with Gasteiger partial charge in [-0.15, -0.1) is 0 Å². The minimum absolute atomic E-state index is 0.175. The highest BCUT2D eigenvalue weighted by Crippen LogP contribution is 2.29. The molecule has 3 N–H and O–H groups in total. The number of methoxy groups -OCH3 is 1. The molecule has 0 bridgehead atoms. The lowest BCUT2D eigenvalue weighted by Gasteiger charge is -2.18. The number of anilines is 3. The molecule has 1 heterocycles. The van der Waals surface area contributed by atoms with E-state index in [1.165, 1.54) is 12.7 Å². The number of ether oxygens (including phenoxy) is 1. The summed E-state index contributed by atoms with van der Waals surface area (Å²) in [5.74, 6) is -0.208. The quantitative estimate of drug-likeness (QED) is 0.627. The monoisotopic (exact) mass is 367 g/mol. The zero-order valence-corrected chi connectivity index (χ0v) is 15.9. The van der Waals surface area contributed by atoms with Gasteiger partial charge in [0, 0.05) is 17.9 Å². The fourth-order valence-corrected chi connectivity index (χ4v) is 3.26. The van der Waals surface area contributed by atoms with Crippen LogP contribution in [0.2, 0.25) is 0 Å². The van der Waals surface area contributed by atoms with E-state index < -0.39 is 5.92 Å². The number of amides is 2. The van der Waals surface area contributed by atoms with Gasteiger partial charge in [0.05, 0.1) is 12.8 Å². The minimum atomic E-state index is -0.696. The Kier molecular flexibility index (Phi) is 5.35. The molecule has 2 amide bonds. The van der Waals surface area contributed by atoms with Gasteiger partial charge in [-0.2, -0.15) is 0 Å². The molecule has 142 valence electrons. The Labute approximate surface area is 159 Å². The summed E-state index contributed by atoms with van der Waals surface area (Å²) < 4.78 is 5.11. The van der Waals surface area contributed by atoms with Crippen molar-refractivity contribution in [2.45, 2.75) is 26.2 Å². The first-order valence-electron chi connectivity index (χ1n) is 9.06. The topological polar surface area (TPSA) is 84.7 Å². The summed E-state index contributed by atoms with van der Waals surface area (Å²) >= 11 is 0. The van der Waals surface area contributed by atoms with Gasteiger partial charge in [0.25, 0.3) is 0 Å². The van der Waals surface area contributed by atoms with Crippen molar-refractivity contribution < 1.29 is 14.3 Å². The van der Waals surface area contributed by atoms with Gasteiger partial charge >= 0.3 is 0 Å². The van der Waals surface area contributed by atoms with Gasteiger partial charge in [-0.25, -0.2) is 0 Å². The lowest BCUT2D eigenvalue weighted by molar-refractivity contribution is -0.129. The molecule has 1 aliphatic rings. The second-order valence-corrected chi connectivity index (χ2v) is 7.02. The third-order valence-corrected chi connectivity index (χ3v) is 4.89. The Balaban J connectivity index is 1.68. The lowest BCUT2D eigenvalue weighted by Crippen LogP contribution is -2.33. The highest BCUT2D eigenvalue weighted by atomic mass is 16.5. The highest BCUT2D eigenvalue weighted by Gasteiger charge is 2.37. The number of nitrogens with two attached hydrogens (primary N) is 1. The molecule has 0 aromatic heterocycles. The number of nitrogen functional groups attached to an aromatic ring is 1. The van der Waals surface area contributed by atoms with Crippen molar-refractivity contribution in [1.29, 1.82) is 0 Å². The van der Waals surface area contributed by atoms with Gasteiger partial charge in [-0.3, -0.25) is 9.59 Å². The first kappa shape index (κ1) is 18.8. The summed E-state index contributed by atoms with van der Waals surface area (Å²) in [5.41, 5.74) is 8.89. The zero-order chi connectivity index (χ0) is 19.6. The average Bonchev–Trinajstić information content (AvgIpc) is 3.03. The van der Waals surface area contributed by atoms with Gasteiger partial charge in [-0.05, 0) is 48.2 Å². The molecule has 2 aromatic carbocycles. The summed E-state index contributed by atoms with van der Waals surface area (Å²) in [5, 5.41) is 2.78. The maximum atomic E-state index is 12.7. The van der Waals surface area contributed by atoms with Crippen molar-refractivity contribution in [2.75, 3.05) is 29.6 Å². The normalized spacial score (nSPS) is 16.7. The van der Waals surface area contributed by atoms with Gasteiger partial charge in [0.1, 0.15) is 11.7 Å². The molecule has 1 aliphatic heterocycles. The van der Waals surface area contributed by atoms with Crippen molar-refractivity contribution in [3.63, 3.8) is 0 Å². The number of rotatable bonds is 5. The van der Waals surface area contributed by atoms with Crippen LogP contribution in [0.1, 0.15) is 31.7 Å². The first-order valence-corrected chi connectivity index (χ1v) is 9.06. The second kappa shape index (κ2) is 7.70. The summed E-state index contributed by atoms with van der Waals surface area (Å²) in [6.45, 7) is 4.79. The van der Waals surface area contributed by atoms with Crippen molar-refractivity contribution in [2.24, 2.45) is 5.92 Å². The fraction of sp³-hybridized carbons (Fsp3) is 0.333. The molecule has 3 rings (SSSR count). The number of hydrogen-bond acceptors (Lipinski definition) is 4. The molecular formula is C21H25N3O3. The Bertz CT molecular complexity index is 846. The zero-order valence-electron chi connectivity index (χ0n) is 15.9. The summed E-state index contributed by atoms with van der Waals surface area (Å²) in [4.78, 5) is 27.0. The average molecular weight is 367 g/mol. The van der Waals surface area contributed by atoms with Crippen LogP contribution in [0.4, 0.5) is 17.1 Å². The molecule has 1 fully saturated rings. The van der Waals surface area contributed by atoms with E-state index >= 15 is 0 Å². The van der Waals surface area contributed by atoms with Crippen molar-refractivity contribution in [1.82, 2.24) is 0 Å². The molecule has 0 aliphatic carbocycles. The molecule has 1 atom stereocenters. The van der Waals surface area contributed by atoms with Crippen molar-refractivity contribution >= 4 is 28.9 Å². The molecule has 1 saturated heterocycles. The summed E-state index contributed by atoms with van der Waals surface area (Å²) in [6, 6.07) is 13.0. The fourth-order valence-electron chi connectivity index (χ4n) is 3.26. The molecule has 6 nitrogen and oxygen atoms in total. The van der Waals surface area contributed by atoms with Crippen LogP contribution < -0.4 is 20.7 Å². The standard InChI is InChI=1S/C21H25N3O3/c1-13(2)14-4-7-16(8-5-14)24-11-10-17(21(24)26)20(25)23-15-6-9-19(27-3)18(22)12-15/h4-9,12-13,17H,10-11,22H2,1-3H3,(H,23,25). The van der Waals surface area contributed by atoms with Crippen LogP contribution in [0.5, 0.6) is 5.75 Å². The number of carbonyl (C=O) groups is 2. The van der Waals surface area contributed by atoms with Crippen molar-refractivity contribution in [3.8, 4) is 5.75 Å². The third kappa shape index (κ3) is 3.89. The molecular weight excluding hydrogens is 342 g/mol. The van der Waals surface area contributed by atoms with Crippen molar-refractivity contribution in [3.05, 3.63) is 48.0 Å². The Morgan fingerprint density at radius 3 is 2.52 bits per heavy atom. The number of nitrogens with one attached hydrogen (secondary N) is 1. The van der Waals surface area contributed by atoms with E-state index in [9.17, 15) is 9.59 Å². The van der Waals surface area contributed by atoms with E-state index in [0.29, 0.717) is 36.0 Å². The smallest absolute Gasteiger partial charge is 0.239 e. The van der Waals surface area contributed by atoms with Crippen LogP contribution in [0, 0.1) is 5.92 Å². The van der Waals surface area contributed by atoms with Gasteiger partial charge in [0.2, 0.25) is 11.8 Å². The van der Waals surface area contributed by atoms with Crippen LogP contribution in [0.3, 0.4) is 0 Å². The maximum Gasteiger partial charge on any atom is 0.239 e. The molecule has 0 radical (unpaired) electrons. The third-order valence-electron chi connectivity index (χ3n) is 4.89. The van der Waals surface area contributed by atoms with Gasteiger partial charge in [-0.1, -0.05) is 26.0 Å². The molecule has 27 heavy (non-hydrogen) atoms. The van der Waals surface area contributed by atoms with Gasteiger partial charge in [0.15, 0.2) is 0 Å². The van der Waals surface area contributed by atoms with Crippen LogP contribution in [-0.2, 0) is 9.59 Å². The van der Waals surface area contributed by atoms with Gasteiger partial charge < -0.3 is 20.7 Å². The maximum absolute atomic E-state index is 12.7. The Hall–Kier alpha value is -3.02. The molecule has 6 heteroatoms. The van der Waals surface area contributed by atoms with E-state index in [1.807, 2.05) is 24.3 Å². The number of nitrogens with zero attached hydrogens (tertiary/aromatic N) is 1. The number of benzene rings is 2. The number of carbonyl (C=O) groups excluding carboxylic acids is 2. The molecule has 0 spiro atoms. The van der Waals surface area contributed by atoms with Crippen LogP contribution in [0.15, 0.2) is 42.5 Å². The Morgan fingerprint density at radius 1 is 1.22 bits per heavy atom. The minimum Gasteiger partial charge on any atom is -0.495 e. The Morgan fingerprint density at radius 2 is 1.93 bits per heavy atom. The summed E-state index contributed by atoms with van der Waals surface area (Å²) in [6.07, 6.45) is 0.488. The highest BCUT2D eigenvalue weighted by molar-refractivity contribution is 6.13. The second-order valence-electron chi connectivity index (χ2n) is 7.02. The van der Waals surface area contributed by atoms with E-state index in [4.69, 9.17) is 10.5 Å². The molecule has 0 saturated carbocycles. The molecule has 1 unspecified atom stereocenters. The van der Waals surface area contributed by atoms with E-state index in [-0.39, 0.29) is 11.8 Å². The predicted molar refractivity (Wildman–Crippen MR) is 107 cm³/mol. The molecule has 2 aromatic rings. The van der Waals surface area contributed by atoms with Crippen LogP contribution >= 0.6 is 0 Å². The van der Waals surface area contributed by atoms with Crippen LogP contribution in [0.25, 0.3) is 0 Å². The van der Waals surface area contributed by atoms with E-state index in [0.717, 1.165) is 5.69 Å². The van der Waals surface area contributed by atoms with E-state index in [2.05, 4.69) is 19.2 Å².